The van der Waals surface area contributed by atoms with E-state index in [-0.39, 0.29) is 5.84 Å². The first-order valence-corrected chi connectivity index (χ1v) is 9.53. The number of thiazole rings is 1. The molecule has 1 heterocycles. The largest absolute Gasteiger partial charge is 0.409 e. The Morgan fingerprint density at radius 1 is 1.31 bits per heavy atom. The van der Waals surface area contributed by atoms with Gasteiger partial charge in [0, 0.05) is 16.5 Å². The molecule has 0 aliphatic carbocycles. The predicted molar refractivity (Wildman–Crippen MR) is 111 cm³/mol. The third kappa shape index (κ3) is 5.70. The lowest BCUT2D eigenvalue weighted by atomic mass is 10.0. The van der Waals surface area contributed by atoms with E-state index < -0.39 is 0 Å². The summed E-state index contributed by atoms with van der Waals surface area (Å²) >= 11 is 1.72. The Balaban J connectivity index is 1.86. The molecule has 1 aromatic carbocycles. The van der Waals surface area contributed by atoms with E-state index in [0.29, 0.717) is 5.57 Å². The predicted octanol–water partition coefficient (Wildman–Crippen LogP) is 5.33. The van der Waals surface area contributed by atoms with Crippen LogP contribution in [0.3, 0.4) is 0 Å². The van der Waals surface area contributed by atoms with E-state index in [2.05, 4.69) is 29.2 Å². The molecule has 0 fully saturated rings. The summed E-state index contributed by atoms with van der Waals surface area (Å²) in [6.45, 7) is 5.72. The Morgan fingerprint density at radius 2 is 2.08 bits per heavy atom. The summed E-state index contributed by atoms with van der Waals surface area (Å²) in [7, 11) is 0. The molecule has 1 aromatic heterocycles. The van der Waals surface area contributed by atoms with Gasteiger partial charge in [-0.1, -0.05) is 54.2 Å². The van der Waals surface area contributed by atoms with Crippen molar-refractivity contribution in [3.63, 3.8) is 0 Å². The maximum atomic E-state index is 8.81. The van der Waals surface area contributed by atoms with E-state index in [1.54, 1.807) is 11.3 Å². The van der Waals surface area contributed by atoms with Crippen LogP contribution in [0.4, 0.5) is 0 Å². The average molecular weight is 368 g/mol. The van der Waals surface area contributed by atoms with Gasteiger partial charge >= 0.3 is 0 Å². The first-order valence-electron chi connectivity index (χ1n) is 8.65. The Hall–Kier alpha value is -2.66. The minimum atomic E-state index is 0.114. The van der Waals surface area contributed by atoms with Gasteiger partial charge in [0.15, 0.2) is 5.84 Å². The molecule has 26 heavy (non-hydrogen) atoms. The molecule has 5 heteroatoms. The summed E-state index contributed by atoms with van der Waals surface area (Å²) in [6.07, 6.45) is 9.52. The molecule has 0 amide bonds. The van der Waals surface area contributed by atoms with Crippen LogP contribution >= 0.6 is 11.3 Å². The molecule has 0 aliphatic heterocycles. The number of unbranched alkanes of at least 4 members (excludes halogenated alkanes) is 1. The molecule has 0 bridgehead atoms. The van der Waals surface area contributed by atoms with Gasteiger partial charge < -0.3 is 10.9 Å². The van der Waals surface area contributed by atoms with Gasteiger partial charge in [0.2, 0.25) is 0 Å². The molecule has 0 atom stereocenters. The molecule has 0 radical (unpaired) electrons. The Kier molecular flexibility index (Phi) is 7.83. The normalized spacial score (nSPS) is 13.0. The van der Waals surface area contributed by atoms with Crippen LogP contribution in [0.2, 0.25) is 0 Å². The molecule has 0 aliphatic rings. The second-order valence-electron chi connectivity index (χ2n) is 5.85. The zero-order valence-electron chi connectivity index (χ0n) is 15.1. The zero-order valence-corrected chi connectivity index (χ0v) is 15.9. The first-order chi connectivity index (χ1) is 12.7. The Labute approximate surface area is 159 Å². The minimum absolute atomic E-state index is 0.114. The van der Waals surface area contributed by atoms with Crippen molar-refractivity contribution in [3.8, 4) is 11.3 Å². The topological polar surface area (TPSA) is 71.5 Å². The number of allylic oxidation sites excluding steroid dienone is 3. The molecule has 3 N–H and O–H groups in total. The van der Waals surface area contributed by atoms with Crippen molar-refractivity contribution in [1.82, 2.24) is 4.98 Å². The summed E-state index contributed by atoms with van der Waals surface area (Å²) in [4.78, 5) is 4.73. The number of nitrogens with two attached hydrogens (primary N) is 1. The third-order valence-corrected chi connectivity index (χ3v) is 4.95. The van der Waals surface area contributed by atoms with Gasteiger partial charge in [0.25, 0.3) is 0 Å². The lowest BCUT2D eigenvalue weighted by Gasteiger charge is -2.04. The fourth-order valence-electron chi connectivity index (χ4n) is 2.57. The van der Waals surface area contributed by atoms with Gasteiger partial charge in [0.1, 0.15) is 0 Å². The van der Waals surface area contributed by atoms with E-state index in [0.717, 1.165) is 42.5 Å². The second kappa shape index (κ2) is 10.4. The van der Waals surface area contributed by atoms with Crippen LogP contribution in [0.1, 0.15) is 31.2 Å². The lowest BCUT2D eigenvalue weighted by molar-refractivity contribution is 0.318. The molecular weight excluding hydrogens is 342 g/mol. The third-order valence-electron chi connectivity index (χ3n) is 4.04. The van der Waals surface area contributed by atoms with Crippen LogP contribution in [0.25, 0.3) is 11.3 Å². The van der Waals surface area contributed by atoms with E-state index in [1.165, 1.54) is 5.01 Å². The molecule has 0 saturated carbocycles. The molecule has 4 nitrogen and oxygen atoms in total. The molecule has 136 valence electrons. The standard InChI is InChI=1S/C21H25N3OS/c1-3-16(14-17(4-2)21(22)24-25)10-8-9-13-20-23-19(15-26-20)18-11-6-5-7-12-18/h3-7,11-12,14-15,25H,1,8-10,13H2,2H3,(H2,22,24)/b16-14+,17-4+. The number of hydrogen-bond donors (Lipinski definition) is 2. The van der Waals surface area contributed by atoms with Crippen LogP contribution < -0.4 is 5.73 Å². The Bertz CT molecular complexity index is 804. The molecular formula is C21H25N3OS. The molecule has 0 unspecified atom stereocenters. The van der Waals surface area contributed by atoms with Crippen molar-refractivity contribution in [3.05, 3.63) is 76.7 Å². The van der Waals surface area contributed by atoms with E-state index in [1.807, 2.05) is 43.4 Å². The van der Waals surface area contributed by atoms with Crippen LogP contribution in [0, 0.1) is 0 Å². The summed E-state index contributed by atoms with van der Waals surface area (Å²) in [6, 6.07) is 10.2. The highest BCUT2D eigenvalue weighted by Gasteiger charge is 2.05. The average Bonchev–Trinajstić information content (AvgIpc) is 3.16. The first kappa shape index (κ1) is 19.7. The number of aryl methyl sites for hydroxylation is 1. The van der Waals surface area contributed by atoms with Crippen molar-refractivity contribution in [2.24, 2.45) is 10.9 Å². The minimum Gasteiger partial charge on any atom is -0.409 e. The maximum Gasteiger partial charge on any atom is 0.169 e. The fraction of sp³-hybridized carbons (Fsp3) is 0.238. The zero-order chi connectivity index (χ0) is 18.8. The maximum absolute atomic E-state index is 8.81. The number of nitrogens with zero attached hydrogens (tertiary/aromatic N) is 2. The van der Waals surface area contributed by atoms with Gasteiger partial charge in [-0.05, 0) is 44.3 Å². The van der Waals surface area contributed by atoms with Crippen molar-refractivity contribution in [2.45, 2.75) is 32.6 Å². The highest BCUT2D eigenvalue weighted by molar-refractivity contribution is 7.09. The summed E-state index contributed by atoms with van der Waals surface area (Å²) in [5.74, 6) is 0.114. The van der Waals surface area contributed by atoms with Crippen LogP contribution in [0.15, 0.2) is 76.8 Å². The van der Waals surface area contributed by atoms with Crippen molar-refractivity contribution >= 4 is 17.2 Å². The van der Waals surface area contributed by atoms with Gasteiger partial charge in [-0.25, -0.2) is 4.98 Å². The Morgan fingerprint density at radius 3 is 2.73 bits per heavy atom. The highest BCUT2D eigenvalue weighted by atomic mass is 32.1. The summed E-state index contributed by atoms with van der Waals surface area (Å²) < 4.78 is 0. The quantitative estimate of drug-likeness (QED) is 0.157. The van der Waals surface area contributed by atoms with Gasteiger partial charge in [-0.2, -0.15) is 0 Å². The fourth-order valence-corrected chi connectivity index (χ4v) is 3.42. The number of aromatic nitrogens is 1. The van der Waals surface area contributed by atoms with Gasteiger partial charge in [-0.15, -0.1) is 11.3 Å². The van der Waals surface area contributed by atoms with Crippen LogP contribution in [-0.2, 0) is 6.42 Å². The van der Waals surface area contributed by atoms with Crippen LogP contribution in [0.5, 0.6) is 0 Å². The molecule has 2 aromatic rings. The van der Waals surface area contributed by atoms with Gasteiger partial charge in [0.05, 0.1) is 10.7 Å². The molecule has 0 spiro atoms. The number of rotatable bonds is 9. The number of hydrogen-bond acceptors (Lipinski definition) is 4. The van der Waals surface area contributed by atoms with Gasteiger partial charge in [-0.3, -0.25) is 0 Å². The number of oxime groups is 1. The SMILES string of the molecule is C=C\C(=C/C(=C\C)C(/N)=N/O)CCCCc1nc(-c2ccccc2)cs1. The summed E-state index contributed by atoms with van der Waals surface area (Å²) in [5.41, 5.74) is 9.65. The van der Waals surface area contributed by atoms with Crippen molar-refractivity contribution in [1.29, 1.82) is 0 Å². The van der Waals surface area contributed by atoms with E-state index in [9.17, 15) is 0 Å². The number of amidine groups is 1. The summed E-state index contributed by atoms with van der Waals surface area (Å²) in [5, 5.41) is 15.1. The molecule has 0 saturated heterocycles. The molecule has 2 rings (SSSR count). The highest BCUT2D eigenvalue weighted by Crippen LogP contribution is 2.23. The smallest absolute Gasteiger partial charge is 0.169 e. The lowest BCUT2D eigenvalue weighted by Crippen LogP contribution is -2.13. The number of benzene rings is 1. The van der Waals surface area contributed by atoms with E-state index in [4.69, 9.17) is 15.9 Å². The second-order valence-corrected chi connectivity index (χ2v) is 6.79. The van der Waals surface area contributed by atoms with Crippen molar-refractivity contribution < 1.29 is 5.21 Å². The monoisotopic (exact) mass is 367 g/mol. The van der Waals surface area contributed by atoms with Crippen LogP contribution in [-0.4, -0.2) is 16.0 Å². The van der Waals surface area contributed by atoms with E-state index >= 15 is 0 Å². The van der Waals surface area contributed by atoms with Crippen molar-refractivity contribution in [2.75, 3.05) is 0 Å².